The Bertz CT molecular complexity index is 1140. The molecule has 0 heterocycles. The maximum atomic E-state index is 13.1. The fourth-order valence-corrected chi connectivity index (χ4v) is 7.59. The molecule has 0 atom stereocenters. The van der Waals surface area contributed by atoms with Gasteiger partial charge < -0.3 is 19.1 Å². The summed E-state index contributed by atoms with van der Waals surface area (Å²) in [7, 11) is -7.12. The first-order chi connectivity index (χ1) is 19.9. The van der Waals surface area contributed by atoms with E-state index in [0.717, 1.165) is 24.5 Å². The normalized spacial score (nSPS) is 19.1. The van der Waals surface area contributed by atoms with Crippen LogP contribution < -0.4 is 14.9 Å². The molecule has 0 spiro atoms. The molecule has 2 rings (SSSR count). The third kappa shape index (κ3) is 10.9. The van der Waals surface area contributed by atoms with Gasteiger partial charge in [-0.25, -0.2) is 13.1 Å². The van der Waals surface area contributed by atoms with E-state index in [9.17, 15) is 13.2 Å². The molecule has 0 aliphatic heterocycles. The molecular weight excluding hydrogens is 607 g/mol. The van der Waals surface area contributed by atoms with Gasteiger partial charge in [0, 0.05) is 36.4 Å². The van der Waals surface area contributed by atoms with E-state index in [2.05, 4.69) is 94.8 Å². The molecule has 0 bridgehead atoms. The summed E-state index contributed by atoms with van der Waals surface area (Å²) in [5.41, 5.74) is 1.84. The van der Waals surface area contributed by atoms with Crippen molar-refractivity contribution in [2.24, 2.45) is 5.92 Å². The van der Waals surface area contributed by atoms with Crippen LogP contribution in [0.5, 0.6) is 0 Å². The van der Waals surface area contributed by atoms with Gasteiger partial charge in [-0.05, 0) is 107 Å². The molecule has 44 heavy (non-hydrogen) atoms. The molecule has 0 unspecified atom stereocenters. The minimum absolute atomic E-state index is 0.00252. The van der Waals surface area contributed by atoms with Gasteiger partial charge in [-0.1, -0.05) is 41.5 Å². The van der Waals surface area contributed by atoms with Crippen LogP contribution in [0.3, 0.4) is 0 Å². The van der Waals surface area contributed by atoms with E-state index in [-0.39, 0.29) is 27.9 Å². The highest BCUT2D eigenvalue weighted by molar-refractivity contribution is 7.90. The second-order valence-electron chi connectivity index (χ2n) is 16.5. The molecule has 8 nitrogen and oxygen atoms in total. The molecule has 1 aromatic rings. The van der Waals surface area contributed by atoms with Gasteiger partial charge in [-0.2, -0.15) is 0 Å². The molecular formula is C33H63N3O5SSi2. The lowest BCUT2D eigenvalue weighted by Crippen LogP contribution is -2.46. The third-order valence-electron chi connectivity index (χ3n) is 9.99. The van der Waals surface area contributed by atoms with Crippen molar-refractivity contribution < 1.29 is 22.1 Å². The molecule has 1 fully saturated rings. The molecule has 0 saturated heterocycles. The summed E-state index contributed by atoms with van der Waals surface area (Å²) >= 11 is 0. The molecule has 254 valence electrons. The Hall–Kier alpha value is -1.25. The molecule has 11 heteroatoms. The molecule has 2 N–H and O–H groups in total. The van der Waals surface area contributed by atoms with Gasteiger partial charge in [0.2, 0.25) is 15.9 Å². The second-order valence-corrected chi connectivity index (χ2v) is 28.6. The fourth-order valence-electron chi connectivity index (χ4n) is 4.49. The number of carbonyl (C=O) groups is 1. The highest BCUT2D eigenvalue weighted by Gasteiger charge is 2.38. The number of carbonyl (C=O) groups excluding carboxylic acids is 1. The molecule has 1 aliphatic carbocycles. The molecule has 1 aromatic carbocycles. The summed E-state index contributed by atoms with van der Waals surface area (Å²) in [5.74, 6) is -0.126. The van der Waals surface area contributed by atoms with E-state index < -0.39 is 31.4 Å². The number of nitrogens with zero attached hydrogens (tertiary/aromatic N) is 1. The van der Waals surface area contributed by atoms with Crippen molar-refractivity contribution in [2.45, 2.75) is 135 Å². The Kier molecular flexibility index (Phi) is 13.0. The summed E-state index contributed by atoms with van der Waals surface area (Å²) in [6.45, 7) is 30.6. The van der Waals surface area contributed by atoms with Gasteiger partial charge in [0.1, 0.15) is 0 Å². The van der Waals surface area contributed by atoms with Crippen LogP contribution >= 0.6 is 0 Å². The van der Waals surface area contributed by atoms with Crippen LogP contribution in [-0.2, 0) is 23.7 Å². The number of sulfonamides is 1. The predicted molar refractivity (Wildman–Crippen MR) is 191 cm³/mol. The maximum absolute atomic E-state index is 13.1. The van der Waals surface area contributed by atoms with Gasteiger partial charge in [0.05, 0.1) is 18.0 Å². The van der Waals surface area contributed by atoms with E-state index >= 15 is 0 Å². The van der Waals surface area contributed by atoms with Crippen LogP contribution in [-0.4, -0.2) is 68.1 Å². The topological polar surface area (TPSA) is 97.0 Å². The highest BCUT2D eigenvalue weighted by atomic mass is 32.2. The van der Waals surface area contributed by atoms with Crippen LogP contribution in [0.2, 0.25) is 36.3 Å². The van der Waals surface area contributed by atoms with Gasteiger partial charge in [0.25, 0.3) is 0 Å². The largest absolute Gasteiger partial charge is 0.415 e. The standard InChI is InChI=1S/C33H63N3O5SSi2/c1-31(2,3)42(38,39)35-28-16-14-26(15-17-28)30(37)34-27-18-20-29(21-19-27)36(22-24-40-43(10,11)32(4,5)6)23-25-41-44(12,13)33(7,8)9/h18-21,26,28,35H,14-17,22-25H2,1-13H3,(H,34,37). The Morgan fingerprint density at radius 2 is 1.23 bits per heavy atom. The molecule has 1 amide bonds. The molecule has 1 aliphatic rings. The van der Waals surface area contributed by atoms with Crippen molar-refractivity contribution in [3.8, 4) is 0 Å². The summed E-state index contributed by atoms with van der Waals surface area (Å²) in [4.78, 5) is 15.4. The van der Waals surface area contributed by atoms with Crippen molar-refractivity contribution in [2.75, 3.05) is 36.5 Å². The lowest BCUT2D eigenvalue weighted by Gasteiger charge is -2.38. The zero-order chi connectivity index (χ0) is 33.8. The van der Waals surface area contributed by atoms with E-state index in [0.29, 0.717) is 38.9 Å². The predicted octanol–water partition coefficient (Wildman–Crippen LogP) is 7.75. The quantitative estimate of drug-likeness (QED) is 0.209. The number of nitrogens with one attached hydrogen (secondary N) is 2. The van der Waals surface area contributed by atoms with Crippen LogP contribution in [0, 0.1) is 5.92 Å². The van der Waals surface area contributed by atoms with E-state index in [1.54, 1.807) is 20.8 Å². The highest BCUT2D eigenvalue weighted by Crippen LogP contribution is 2.37. The molecule has 1 saturated carbocycles. The van der Waals surface area contributed by atoms with E-state index in [1.165, 1.54) is 0 Å². The third-order valence-corrected chi connectivity index (χ3v) is 21.3. The van der Waals surface area contributed by atoms with Gasteiger partial charge >= 0.3 is 0 Å². The average Bonchev–Trinajstić information content (AvgIpc) is 2.86. The Morgan fingerprint density at radius 1 is 0.795 bits per heavy atom. The molecule has 0 aromatic heterocycles. The number of hydrogen-bond donors (Lipinski definition) is 2. The van der Waals surface area contributed by atoms with Crippen LogP contribution in [0.1, 0.15) is 88.0 Å². The Balaban J connectivity index is 2.03. The minimum atomic E-state index is -3.40. The van der Waals surface area contributed by atoms with Gasteiger partial charge in [-0.15, -0.1) is 0 Å². The first kappa shape index (κ1) is 38.9. The van der Waals surface area contributed by atoms with E-state index in [1.807, 2.05) is 12.1 Å². The number of benzene rings is 1. The number of hydrogen-bond acceptors (Lipinski definition) is 6. The monoisotopic (exact) mass is 669 g/mol. The average molecular weight is 670 g/mol. The van der Waals surface area contributed by atoms with E-state index in [4.69, 9.17) is 8.85 Å². The van der Waals surface area contributed by atoms with Crippen LogP contribution in [0.15, 0.2) is 24.3 Å². The summed E-state index contributed by atoms with van der Waals surface area (Å²) in [6.07, 6.45) is 2.65. The van der Waals surface area contributed by atoms with Crippen molar-refractivity contribution >= 4 is 43.9 Å². The number of rotatable bonds is 13. The number of amides is 1. The van der Waals surface area contributed by atoms with Crippen molar-refractivity contribution in [3.63, 3.8) is 0 Å². The summed E-state index contributed by atoms with van der Waals surface area (Å²) in [6, 6.07) is 7.94. The van der Waals surface area contributed by atoms with Gasteiger partial charge in [-0.3, -0.25) is 4.79 Å². The van der Waals surface area contributed by atoms with Crippen molar-refractivity contribution in [3.05, 3.63) is 24.3 Å². The summed E-state index contributed by atoms with van der Waals surface area (Å²) < 4.78 is 40.1. The maximum Gasteiger partial charge on any atom is 0.227 e. The minimum Gasteiger partial charge on any atom is -0.415 e. The van der Waals surface area contributed by atoms with Crippen molar-refractivity contribution in [1.82, 2.24) is 4.72 Å². The summed E-state index contributed by atoms with van der Waals surface area (Å²) in [5, 5.41) is 3.40. The van der Waals surface area contributed by atoms with Crippen molar-refractivity contribution in [1.29, 1.82) is 0 Å². The smallest absolute Gasteiger partial charge is 0.227 e. The zero-order valence-corrected chi connectivity index (χ0v) is 32.8. The first-order valence-electron chi connectivity index (χ1n) is 16.3. The van der Waals surface area contributed by atoms with Gasteiger partial charge in [0.15, 0.2) is 16.6 Å². The SMILES string of the molecule is CC(C)(C)[Si](C)(C)OCCN(CCO[Si](C)(C)C(C)(C)C)c1ccc(NC(=O)C2CCC(NS(=O)(=O)C(C)(C)C)CC2)cc1. The second kappa shape index (κ2) is 14.7. The fraction of sp³-hybridized carbons (Fsp3) is 0.788. The first-order valence-corrected chi connectivity index (χ1v) is 23.6. The van der Waals surface area contributed by atoms with Crippen LogP contribution in [0.25, 0.3) is 0 Å². The number of anilines is 2. The van der Waals surface area contributed by atoms with Crippen LogP contribution in [0.4, 0.5) is 11.4 Å². The molecule has 0 radical (unpaired) electrons. The lowest BCUT2D eigenvalue weighted by atomic mass is 9.86. The lowest BCUT2D eigenvalue weighted by molar-refractivity contribution is -0.120. The Morgan fingerprint density at radius 3 is 1.61 bits per heavy atom. The Labute approximate surface area is 271 Å². The zero-order valence-electron chi connectivity index (χ0n) is 30.0.